The summed E-state index contributed by atoms with van der Waals surface area (Å²) < 4.78 is 0. The number of hydrogen-bond acceptors (Lipinski definition) is 5. The van der Waals surface area contributed by atoms with Crippen molar-refractivity contribution >= 4 is 29.0 Å². The van der Waals surface area contributed by atoms with Gasteiger partial charge in [0.1, 0.15) is 6.33 Å². The van der Waals surface area contributed by atoms with E-state index in [1.807, 2.05) is 19.1 Å². The molecule has 18 heavy (non-hydrogen) atoms. The predicted octanol–water partition coefficient (Wildman–Crippen LogP) is 1.43. The first-order valence-electron chi connectivity index (χ1n) is 5.30. The van der Waals surface area contributed by atoms with Gasteiger partial charge in [-0.25, -0.2) is 4.98 Å². The molecule has 0 atom stereocenters. The van der Waals surface area contributed by atoms with Crippen molar-refractivity contribution in [3.05, 3.63) is 30.1 Å². The van der Waals surface area contributed by atoms with E-state index >= 15 is 0 Å². The van der Waals surface area contributed by atoms with Crippen LogP contribution in [0.1, 0.15) is 5.56 Å². The standard InChI is InChI=1S/C11H13N5OS/c1-7-3-2-4-8(12)10(7)15-9(17)5-18-11-13-6-14-16-11/h2-4,6H,5,12H2,1H3,(H,15,17)(H,13,14,16). The SMILES string of the molecule is Cc1cccc(N)c1NC(=O)CSc1ncn[nH]1. The lowest BCUT2D eigenvalue weighted by Crippen LogP contribution is -2.16. The lowest BCUT2D eigenvalue weighted by atomic mass is 10.1. The molecule has 2 rings (SSSR count). The number of aromatic nitrogens is 3. The molecule has 1 heterocycles. The van der Waals surface area contributed by atoms with E-state index in [1.165, 1.54) is 18.1 Å². The van der Waals surface area contributed by atoms with E-state index in [4.69, 9.17) is 5.73 Å². The van der Waals surface area contributed by atoms with E-state index in [-0.39, 0.29) is 11.7 Å². The maximum atomic E-state index is 11.8. The highest BCUT2D eigenvalue weighted by molar-refractivity contribution is 7.99. The fourth-order valence-corrected chi connectivity index (χ4v) is 2.01. The Kier molecular flexibility index (Phi) is 3.83. The molecule has 0 fully saturated rings. The first kappa shape index (κ1) is 12.4. The van der Waals surface area contributed by atoms with Crippen molar-refractivity contribution in [1.82, 2.24) is 15.2 Å². The molecule has 1 aromatic heterocycles. The Labute approximate surface area is 108 Å². The summed E-state index contributed by atoms with van der Waals surface area (Å²) in [7, 11) is 0. The van der Waals surface area contributed by atoms with Crippen LogP contribution in [0.3, 0.4) is 0 Å². The second kappa shape index (κ2) is 5.54. The molecule has 1 amide bonds. The molecule has 2 aromatic rings. The summed E-state index contributed by atoms with van der Waals surface area (Å²) in [4.78, 5) is 15.7. The Bertz CT molecular complexity index is 520. The lowest BCUT2D eigenvalue weighted by Gasteiger charge is -2.10. The fraction of sp³-hybridized carbons (Fsp3) is 0.182. The number of carbonyl (C=O) groups is 1. The molecule has 0 bridgehead atoms. The Hall–Kier alpha value is -2.02. The molecule has 0 saturated heterocycles. The number of aromatic amines is 1. The van der Waals surface area contributed by atoms with Crippen molar-refractivity contribution in [3.63, 3.8) is 0 Å². The highest BCUT2D eigenvalue weighted by Gasteiger charge is 2.08. The first-order chi connectivity index (χ1) is 8.66. The summed E-state index contributed by atoms with van der Waals surface area (Å²) in [6, 6.07) is 5.51. The Morgan fingerprint density at radius 1 is 1.56 bits per heavy atom. The van der Waals surface area contributed by atoms with Gasteiger partial charge in [-0.05, 0) is 18.6 Å². The van der Waals surface area contributed by atoms with Crippen LogP contribution in [0.4, 0.5) is 11.4 Å². The predicted molar refractivity (Wildman–Crippen MR) is 71.3 cm³/mol. The van der Waals surface area contributed by atoms with Gasteiger partial charge in [-0.15, -0.1) is 0 Å². The molecule has 0 aliphatic rings. The number of carbonyl (C=O) groups excluding carboxylic acids is 1. The van der Waals surface area contributed by atoms with Crippen molar-refractivity contribution in [2.45, 2.75) is 12.1 Å². The average molecular weight is 263 g/mol. The summed E-state index contributed by atoms with van der Waals surface area (Å²) in [5.74, 6) is 0.126. The minimum absolute atomic E-state index is 0.127. The van der Waals surface area contributed by atoms with Gasteiger partial charge in [-0.2, -0.15) is 5.10 Å². The highest BCUT2D eigenvalue weighted by Crippen LogP contribution is 2.23. The normalized spacial score (nSPS) is 10.3. The number of nitrogen functional groups attached to an aromatic ring is 1. The molecule has 94 valence electrons. The van der Waals surface area contributed by atoms with Gasteiger partial charge in [0.05, 0.1) is 17.1 Å². The number of nitrogens with two attached hydrogens (primary N) is 1. The number of aryl methyl sites for hydroxylation is 1. The third-order valence-electron chi connectivity index (χ3n) is 2.30. The van der Waals surface area contributed by atoms with Crippen LogP contribution >= 0.6 is 11.8 Å². The zero-order valence-corrected chi connectivity index (χ0v) is 10.6. The van der Waals surface area contributed by atoms with Gasteiger partial charge >= 0.3 is 0 Å². The Balaban J connectivity index is 1.95. The van der Waals surface area contributed by atoms with Crippen LogP contribution in [0.2, 0.25) is 0 Å². The molecule has 0 saturated carbocycles. The van der Waals surface area contributed by atoms with E-state index in [1.54, 1.807) is 6.07 Å². The molecule has 1 aromatic carbocycles. The smallest absolute Gasteiger partial charge is 0.234 e. The summed E-state index contributed by atoms with van der Waals surface area (Å²) in [6.45, 7) is 1.90. The number of hydrogen-bond donors (Lipinski definition) is 3. The van der Waals surface area contributed by atoms with Crippen LogP contribution in [-0.2, 0) is 4.79 Å². The third kappa shape index (κ3) is 3.01. The van der Waals surface area contributed by atoms with Gasteiger partial charge in [0, 0.05) is 0 Å². The van der Waals surface area contributed by atoms with E-state index in [0.717, 1.165) is 5.56 Å². The van der Waals surface area contributed by atoms with Crippen molar-refractivity contribution in [2.75, 3.05) is 16.8 Å². The Morgan fingerprint density at radius 2 is 2.39 bits per heavy atom. The zero-order chi connectivity index (χ0) is 13.0. The quantitative estimate of drug-likeness (QED) is 0.572. The molecular weight excluding hydrogens is 250 g/mol. The van der Waals surface area contributed by atoms with Gasteiger partial charge in [0.2, 0.25) is 5.91 Å². The van der Waals surface area contributed by atoms with Crippen molar-refractivity contribution in [2.24, 2.45) is 0 Å². The van der Waals surface area contributed by atoms with Gasteiger partial charge in [0.15, 0.2) is 5.16 Å². The van der Waals surface area contributed by atoms with Crippen LogP contribution in [0.25, 0.3) is 0 Å². The summed E-state index contributed by atoms with van der Waals surface area (Å²) in [5, 5.41) is 9.79. The average Bonchev–Trinajstić information content (AvgIpc) is 2.84. The van der Waals surface area contributed by atoms with Gasteiger partial charge < -0.3 is 11.1 Å². The maximum absolute atomic E-state index is 11.8. The molecular formula is C11H13N5OS. The van der Waals surface area contributed by atoms with E-state index in [9.17, 15) is 4.79 Å². The first-order valence-corrected chi connectivity index (χ1v) is 6.28. The van der Waals surface area contributed by atoms with Crippen LogP contribution in [-0.4, -0.2) is 26.8 Å². The summed E-state index contributed by atoms with van der Waals surface area (Å²) in [5.41, 5.74) is 7.98. The molecule has 0 radical (unpaired) electrons. The topological polar surface area (TPSA) is 96.7 Å². The number of anilines is 2. The van der Waals surface area contributed by atoms with Crippen LogP contribution in [0, 0.1) is 6.92 Å². The second-order valence-electron chi connectivity index (χ2n) is 3.67. The molecule has 0 aliphatic heterocycles. The number of nitrogens with one attached hydrogen (secondary N) is 2. The van der Waals surface area contributed by atoms with Crippen molar-refractivity contribution < 1.29 is 4.79 Å². The van der Waals surface area contributed by atoms with Gasteiger partial charge in [-0.3, -0.25) is 9.89 Å². The van der Waals surface area contributed by atoms with Gasteiger partial charge in [0.25, 0.3) is 0 Å². The number of rotatable bonds is 4. The zero-order valence-electron chi connectivity index (χ0n) is 9.80. The monoisotopic (exact) mass is 263 g/mol. The molecule has 0 unspecified atom stereocenters. The molecule has 0 spiro atoms. The maximum Gasteiger partial charge on any atom is 0.234 e. The second-order valence-corrected chi connectivity index (χ2v) is 4.63. The van der Waals surface area contributed by atoms with E-state index in [0.29, 0.717) is 16.5 Å². The minimum Gasteiger partial charge on any atom is -0.397 e. The van der Waals surface area contributed by atoms with Crippen LogP contribution < -0.4 is 11.1 Å². The number of thioether (sulfide) groups is 1. The number of para-hydroxylation sites is 1. The number of amides is 1. The van der Waals surface area contributed by atoms with E-state index in [2.05, 4.69) is 20.5 Å². The van der Waals surface area contributed by atoms with Crippen molar-refractivity contribution in [3.8, 4) is 0 Å². The van der Waals surface area contributed by atoms with Crippen LogP contribution in [0.15, 0.2) is 29.7 Å². The minimum atomic E-state index is -0.127. The highest BCUT2D eigenvalue weighted by atomic mass is 32.2. The van der Waals surface area contributed by atoms with Crippen molar-refractivity contribution in [1.29, 1.82) is 0 Å². The number of H-pyrrole nitrogens is 1. The molecule has 6 nitrogen and oxygen atoms in total. The fourth-order valence-electron chi connectivity index (χ4n) is 1.43. The largest absolute Gasteiger partial charge is 0.397 e. The number of nitrogens with zero attached hydrogens (tertiary/aromatic N) is 2. The third-order valence-corrected chi connectivity index (χ3v) is 3.18. The lowest BCUT2D eigenvalue weighted by molar-refractivity contribution is -0.113. The summed E-state index contributed by atoms with van der Waals surface area (Å²) >= 11 is 1.28. The number of benzene rings is 1. The molecule has 7 heteroatoms. The molecule has 0 aliphatic carbocycles. The van der Waals surface area contributed by atoms with Gasteiger partial charge in [-0.1, -0.05) is 23.9 Å². The van der Waals surface area contributed by atoms with E-state index < -0.39 is 0 Å². The Morgan fingerprint density at radius 3 is 3.06 bits per heavy atom. The van der Waals surface area contributed by atoms with Crippen LogP contribution in [0.5, 0.6) is 0 Å². The summed E-state index contributed by atoms with van der Waals surface area (Å²) in [6.07, 6.45) is 1.40. The molecule has 4 N–H and O–H groups in total.